The van der Waals surface area contributed by atoms with Gasteiger partial charge in [-0.25, -0.2) is 0 Å². The van der Waals surface area contributed by atoms with E-state index in [0.29, 0.717) is 19.3 Å². The van der Waals surface area contributed by atoms with E-state index in [1.165, 1.54) is 70.6 Å². The van der Waals surface area contributed by atoms with E-state index in [2.05, 4.69) is 179 Å². The van der Waals surface area contributed by atoms with Crippen molar-refractivity contribution in [2.45, 2.75) is 290 Å². The molecular formula is C76H122O6. The van der Waals surface area contributed by atoms with E-state index in [9.17, 15) is 14.4 Å². The predicted octanol–water partition coefficient (Wildman–Crippen LogP) is 23.3. The lowest BCUT2D eigenvalue weighted by atomic mass is 10.1. The number of esters is 3. The zero-order valence-corrected chi connectivity index (χ0v) is 52.9. The monoisotopic (exact) mass is 1130 g/mol. The van der Waals surface area contributed by atoms with Gasteiger partial charge in [-0.2, -0.15) is 0 Å². The summed E-state index contributed by atoms with van der Waals surface area (Å²) < 4.78 is 16.9. The Bertz CT molecular complexity index is 1830. The first-order chi connectivity index (χ1) is 40.5. The lowest BCUT2D eigenvalue weighted by molar-refractivity contribution is -0.167. The number of hydrogen-bond donors (Lipinski definition) is 0. The van der Waals surface area contributed by atoms with Crippen LogP contribution >= 0.6 is 0 Å². The van der Waals surface area contributed by atoms with E-state index in [1.54, 1.807) is 0 Å². The van der Waals surface area contributed by atoms with Crippen molar-refractivity contribution in [1.82, 2.24) is 0 Å². The van der Waals surface area contributed by atoms with Gasteiger partial charge in [0.2, 0.25) is 0 Å². The molecule has 6 nitrogen and oxygen atoms in total. The fourth-order valence-electron chi connectivity index (χ4n) is 8.78. The summed E-state index contributed by atoms with van der Waals surface area (Å²) in [5, 5.41) is 0. The highest BCUT2D eigenvalue weighted by atomic mass is 16.6. The molecule has 0 aliphatic rings. The third kappa shape index (κ3) is 65.8. The smallest absolute Gasteiger partial charge is 0.306 e. The average Bonchev–Trinajstić information content (AvgIpc) is 3.47. The largest absolute Gasteiger partial charge is 0.462 e. The summed E-state index contributed by atoms with van der Waals surface area (Å²) in [6.07, 6.45) is 99.6. The Kier molecular flexibility index (Phi) is 64.4. The first kappa shape index (κ1) is 77.0. The molecule has 0 bridgehead atoms. The molecule has 0 fully saturated rings. The van der Waals surface area contributed by atoms with Crippen LogP contribution in [0.5, 0.6) is 0 Å². The Morgan fingerprint density at radius 1 is 0.256 bits per heavy atom. The highest BCUT2D eigenvalue weighted by Gasteiger charge is 2.19. The third-order valence-corrected chi connectivity index (χ3v) is 13.7. The van der Waals surface area contributed by atoms with Crippen LogP contribution in [0.2, 0.25) is 0 Å². The molecular weight excluding hydrogens is 1010 g/mol. The van der Waals surface area contributed by atoms with Gasteiger partial charge in [-0.1, -0.05) is 281 Å². The molecule has 1 unspecified atom stereocenters. The molecule has 0 heterocycles. The average molecular weight is 1130 g/mol. The molecule has 0 spiro atoms. The van der Waals surface area contributed by atoms with Crippen LogP contribution in [0, 0.1) is 0 Å². The van der Waals surface area contributed by atoms with Crippen LogP contribution in [-0.2, 0) is 28.6 Å². The van der Waals surface area contributed by atoms with Gasteiger partial charge in [-0.15, -0.1) is 0 Å². The molecule has 0 saturated carbocycles. The maximum Gasteiger partial charge on any atom is 0.306 e. The second kappa shape index (κ2) is 68.5. The lowest BCUT2D eigenvalue weighted by Crippen LogP contribution is -2.30. The summed E-state index contributed by atoms with van der Waals surface area (Å²) >= 11 is 0. The van der Waals surface area contributed by atoms with Gasteiger partial charge >= 0.3 is 17.9 Å². The number of allylic oxidation sites excluding steroid dienone is 26. The molecule has 0 N–H and O–H groups in total. The highest BCUT2D eigenvalue weighted by Crippen LogP contribution is 2.15. The van der Waals surface area contributed by atoms with E-state index in [4.69, 9.17) is 14.2 Å². The summed E-state index contributed by atoms with van der Waals surface area (Å²) in [5.74, 6) is -0.932. The molecule has 0 aromatic carbocycles. The van der Waals surface area contributed by atoms with Crippen LogP contribution in [0.1, 0.15) is 284 Å². The molecule has 0 rings (SSSR count). The summed E-state index contributed by atoms with van der Waals surface area (Å²) in [6.45, 7) is 6.35. The molecule has 82 heavy (non-hydrogen) atoms. The van der Waals surface area contributed by atoms with Crippen molar-refractivity contribution in [3.05, 3.63) is 158 Å². The minimum Gasteiger partial charge on any atom is -0.462 e. The van der Waals surface area contributed by atoms with E-state index < -0.39 is 6.10 Å². The zero-order valence-electron chi connectivity index (χ0n) is 52.9. The number of carbonyl (C=O) groups is 3. The first-order valence-electron chi connectivity index (χ1n) is 33.5. The van der Waals surface area contributed by atoms with Gasteiger partial charge in [0.15, 0.2) is 6.10 Å². The fraction of sp³-hybridized carbons (Fsp3) is 0.618. The number of rotatable bonds is 59. The van der Waals surface area contributed by atoms with E-state index in [0.717, 1.165) is 173 Å². The summed E-state index contributed by atoms with van der Waals surface area (Å²) in [4.78, 5) is 38.4. The molecule has 0 saturated heterocycles. The minimum absolute atomic E-state index is 0.0983. The number of carbonyl (C=O) groups excluding carboxylic acids is 3. The van der Waals surface area contributed by atoms with Gasteiger partial charge in [0, 0.05) is 19.3 Å². The van der Waals surface area contributed by atoms with Crippen molar-refractivity contribution in [3.63, 3.8) is 0 Å². The Labute approximate surface area is 505 Å². The van der Waals surface area contributed by atoms with Crippen LogP contribution in [0.15, 0.2) is 158 Å². The number of unbranched alkanes of at least 4 members (excludes halogenated alkanes) is 22. The van der Waals surface area contributed by atoms with Crippen LogP contribution < -0.4 is 0 Å². The molecule has 0 aliphatic carbocycles. The number of hydrogen-bond acceptors (Lipinski definition) is 6. The van der Waals surface area contributed by atoms with Crippen LogP contribution in [0.25, 0.3) is 0 Å². The zero-order chi connectivity index (χ0) is 59.2. The van der Waals surface area contributed by atoms with Crippen LogP contribution in [0.3, 0.4) is 0 Å². The standard InChI is InChI=1S/C76H122O6/c1-4-7-10-13-16-19-22-25-28-30-32-34-36-38-40-42-44-46-48-51-54-57-60-63-66-69-75(78)81-72-73(71-80-74(77)68-65-62-59-56-53-50-27-24-21-18-15-12-9-6-3)82-76(79)70-67-64-61-58-55-52-49-47-45-43-41-39-37-35-33-31-29-26-23-20-17-14-11-8-5-2/h7-8,10-11,15-20,24-29,32-35,38-41,44,46,73H,4-6,9,12-14,21-23,30-31,36-37,42-43,45,47-72H2,1-3H3/b10-7-,11-8-,18-15-,19-16-,20-17-,27-24-,28-25-,29-26-,34-32-,35-33-,40-38-,41-39-,46-44-. The third-order valence-electron chi connectivity index (χ3n) is 13.7. The second-order valence-electron chi connectivity index (χ2n) is 21.6. The van der Waals surface area contributed by atoms with Gasteiger partial charge in [-0.3, -0.25) is 14.4 Å². The van der Waals surface area contributed by atoms with E-state index in [1.807, 2.05) is 0 Å². The molecule has 0 aromatic heterocycles. The van der Waals surface area contributed by atoms with Gasteiger partial charge in [0.05, 0.1) is 0 Å². The molecule has 0 radical (unpaired) electrons. The van der Waals surface area contributed by atoms with Crippen molar-refractivity contribution in [2.75, 3.05) is 13.2 Å². The van der Waals surface area contributed by atoms with Crippen LogP contribution in [0.4, 0.5) is 0 Å². The van der Waals surface area contributed by atoms with Crippen molar-refractivity contribution in [2.24, 2.45) is 0 Å². The van der Waals surface area contributed by atoms with Crippen molar-refractivity contribution >= 4 is 17.9 Å². The molecule has 0 aromatic rings. The maximum atomic E-state index is 13.0. The SMILES string of the molecule is CC/C=C\C/C=C\C/C=C\C/C=C\C/C=C\C/C=C\CCCCCCCCC(=O)OCC(COC(=O)CCCCCCC/C=C\C/C=C\CCCC)OC(=O)CCCCCCCCCCC/C=C\C/C=C\C/C=C\C/C=C\C/C=C\CC. The minimum atomic E-state index is -0.803. The van der Waals surface area contributed by atoms with Crippen LogP contribution in [-0.4, -0.2) is 37.2 Å². The lowest BCUT2D eigenvalue weighted by Gasteiger charge is -2.18. The highest BCUT2D eigenvalue weighted by molar-refractivity contribution is 5.71. The van der Waals surface area contributed by atoms with E-state index in [-0.39, 0.29) is 31.1 Å². The topological polar surface area (TPSA) is 78.9 Å². The molecule has 0 amide bonds. The fourth-order valence-corrected chi connectivity index (χ4v) is 8.78. The van der Waals surface area contributed by atoms with Gasteiger partial charge in [0.25, 0.3) is 0 Å². The Morgan fingerprint density at radius 2 is 0.476 bits per heavy atom. The van der Waals surface area contributed by atoms with Gasteiger partial charge in [0.1, 0.15) is 13.2 Å². The van der Waals surface area contributed by atoms with E-state index >= 15 is 0 Å². The summed E-state index contributed by atoms with van der Waals surface area (Å²) in [6, 6.07) is 0. The second-order valence-corrected chi connectivity index (χ2v) is 21.6. The summed E-state index contributed by atoms with van der Waals surface area (Å²) in [5.41, 5.74) is 0. The molecule has 6 heteroatoms. The Hall–Kier alpha value is -4.97. The molecule has 0 aliphatic heterocycles. The maximum absolute atomic E-state index is 13.0. The Morgan fingerprint density at radius 3 is 0.744 bits per heavy atom. The molecule has 462 valence electrons. The van der Waals surface area contributed by atoms with Crippen molar-refractivity contribution < 1.29 is 28.6 Å². The van der Waals surface area contributed by atoms with Crippen molar-refractivity contribution in [3.8, 4) is 0 Å². The summed E-state index contributed by atoms with van der Waals surface area (Å²) in [7, 11) is 0. The first-order valence-corrected chi connectivity index (χ1v) is 33.5. The van der Waals surface area contributed by atoms with Gasteiger partial charge < -0.3 is 14.2 Å². The normalized spacial score (nSPS) is 13.2. The predicted molar refractivity (Wildman–Crippen MR) is 357 cm³/mol. The van der Waals surface area contributed by atoms with Gasteiger partial charge in [-0.05, 0) is 141 Å². The van der Waals surface area contributed by atoms with Crippen molar-refractivity contribution in [1.29, 1.82) is 0 Å². The Balaban J connectivity index is 4.43. The molecule has 1 atom stereocenters. The quantitative estimate of drug-likeness (QED) is 0.0261. The number of ether oxygens (including phenoxy) is 3.